The van der Waals surface area contributed by atoms with Crippen molar-refractivity contribution < 1.29 is 4.79 Å². The molecule has 0 aliphatic heterocycles. The van der Waals surface area contributed by atoms with Crippen LogP contribution in [0.1, 0.15) is 25.7 Å². The van der Waals surface area contributed by atoms with Gasteiger partial charge in [-0.3, -0.25) is 4.79 Å². The largest absolute Gasteiger partial charge is 0.368 e. The second-order valence-corrected chi connectivity index (χ2v) is 5.97. The Bertz CT molecular complexity index is 635. The van der Waals surface area contributed by atoms with E-state index in [1.165, 1.54) is 24.2 Å². The molecule has 1 aliphatic carbocycles. The summed E-state index contributed by atoms with van der Waals surface area (Å²) >= 11 is 1.52. The summed E-state index contributed by atoms with van der Waals surface area (Å²) in [5.74, 6) is 0.624. The van der Waals surface area contributed by atoms with Gasteiger partial charge in [0.25, 0.3) is 0 Å². The number of carbonyl (C=O) groups is 1. The van der Waals surface area contributed by atoms with Gasteiger partial charge in [0.2, 0.25) is 11.9 Å². The summed E-state index contributed by atoms with van der Waals surface area (Å²) in [6.07, 6.45) is 4.46. The van der Waals surface area contributed by atoms with E-state index in [1.807, 2.05) is 16.3 Å². The maximum atomic E-state index is 11.4. The minimum Gasteiger partial charge on any atom is -0.368 e. The Labute approximate surface area is 120 Å². The molecule has 0 atom stereocenters. The number of primary amides is 1. The average molecular weight is 291 g/mol. The van der Waals surface area contributed by atoms with Crippen LogP contribution in [-0.2, 0) is 4.79 Å². The summed E-state index contributed by atoms with van der Waals surface area (Å²) in [7, 11) is 0. The minimum absolute atomic E-state index is 0.173. The number of nitrogens with two attached hydrogens (primary N) is 2. The molecule has 2 aromatic rings. The number of fused-ring (bicyclic) bond motifs is 1. The van der Waals surface area contributed by atoms with Gasteiger partial charge in [-0.1, -0.05) is 12.8 Å². The van der Waals surface area contributed by atoms with Crippen LogP contribution in [0.4, 0.5) is 11.8 Å². The summed E-state index contributed by atoms with van der Waals surface area (Å²) in [5, 5.41) is 2.90. The molecular formula is C13H17N5OS. The zero-order valence-corrected chi connectivity index (χ0v) is 11.9. The van der Waals surface area contributed by atoms with Crippen molar-refractivity contribution in [1.29, 1.82) is 0 Å². The van der Waals surface area contributed by atoms with E-state index in [-0.39, 0.29) is 18.4 Å². The lowest BCUT2D eigenvalue weighted by Crippen LogP contribution is -2.41. The molecule has 1 amide bonds. The number of hydrogen-bond acceptors (Lipinski definition) is 6. The van der Waals surface area contributed by atoms with E-state index < -0.39 is 0 Å². The molecule has 2 aromatic heterocycles. The van der Waals surface area contributed by atoms with Crippen LogP contribution >= 0.6 is 11.3 Å². The lowest BCUT2D eigenvalue weighted by Gasteiger charge is -2.29. The van der Waals surface area contributed by atoms with Gasteiger partial charge in [0.15, 0.2) is 0 Å². The fraction of sp³-hybridized carbons (Fsp3) is 0.462. The first-order valence-corrected chi connectivity index (χ1v) is 7.59. The smallest absolute Gasteiger partial charge is 0.237 e. The van der Waals surface area contributed by atoms with E-state index in [2.05, 4.69) is 9.97 Å². The van der Waals surface area contributed by atoms with Crippen LogP contribution in [-0.4, -0.2) is 28.5 Å². The van der Waals surface area contributed by atoms with Crippen molar-refractivity contribution in [3.8, 4) is 0 Å². The average Bonchev–Trinajstić information content (AvgIpc) is 3.05. The van der Waals surface area contributed by atoms with Gasteiger partial charge in [-0.25, -0.2) is 4.98 Å². The van der Waals surface area contributed by atoms with E-state index >= 15 is 0 Å². The summed E-state index contributed by atoms with van der Waals surface area (Å²) < 4.78 is 0. The second-order valence-electron chi connectivity index (χ2n) is 5.08. The maximum absolute atomic E-state index is 11.4. The molecule has 6 nitrogen and oxygen atoms in total. The topological polar surface area (TPSA) is 98.1 Å². The van der Waals surface area contributed by atoms with Gasteiger partial charge in [0.1, 0.15) is 10.6 Å². The lowest BCUT2D eigenvalue weighted by atomic mass is 10.2. The van der Waals surface area contributed by atoms with Crippen molar-refractivity contribution in [1.82, 2.24) is 9.97 Å². The molecule has 3 rings (SSSR count). The summed E-state index contributed by atoms with van der Waals surface area (Å²) in [5.41, 5.74) is 11.2. The highest BCUT2D eigenvalue weighted by molar-refractivity contribution is 7.16. The molecule has 0 spiro atoms. The first-order valence-electron chi connectivity index (χ1n) is 6.71. The maximum Gasteiger partial charge on any atom is 0.237 e. The quantitative estimate of drug-likeness (QED) is 0.889. The molecule has 20 heavy (non-hydrogen) atoms. The van der Waals surface area contributed by atoms with Crippen molar-refractivity contribution in [2.24, 2.45) is 5.73 Å². The molecule has 106 valence electrons. The molecule has 1 aliphatic rings. The number of anilines is 2. The first-order chi connectivity index (χ1) is 9.65. The molecule has 0 saturated heterocycles. The van der Waals surface area contributed by atoms with Gasteiger partial charge in [0.05, 0.1) is 11.9 Å². The predicted octanol–water partition coefficient (Wildman–Crippen LogP) is 1.51. The third-order valence-electron chi connectivity index (χ3n) is 3.69. The van der Waals surface area contributed by atoms with E-state index in [4.69, 9.17) is 11.5 Å². The van der Waals surface area contributed by atoms with Crippen molar-refractivity contribution in [3.63, 3.8) is 0 Å². The van der Waals surface area contributed by atoms with Gasteiger partial charge < -0.3 is 16.4 Å². The fourth-order valence-corrected chi connectivity index (χ4v) is 3.60. The minimum atomic E-state index is -0.350. The van der Waals surface area contributed by atoms with Gasteiger partial charge in [-0.2, -0.15) is 4.98 Å². The molecule has 2 heterocycles. The summed E-state index contributed by atoms with van der Waals surface area (Å²) in [6, 6.07) is 2.28. The third-order valence-corrected chi connectivity index (χ3v) is 4.49. The van der Waals surface area contributed by atoms with Gasteiger partial charge in [0, 0.05) is 6.04 Å². The Kier molecular flexibility index (Phi) is 3.43. The summed E-state index contributed by atoms with van der Waals surface area (Å²) in [6.45, 7) is 0.173. The number of amides is 1. The van der Waals surface area contributed by atoms with E-state index in [1.54, 1.807) is 0 Å². The second kappa shape index (κ2) is 5.24. The van der Waals surface area contributed by atoms with Crippen LogP contribution in [0.2, 0.25) is 0 Å². The first kappa shape index (κ1) is 13.1. The Morgan fingerprint density at radius 1 is 1.40 bits per heavy atom. The highest BCUT2D eigenvalue weighted by atomic mass is 32.1. The molecule has 0 unspecified atom stereocenters. The Morgan fingerprint density at radius 3 is 2.85 bits per heavy atom. The van der Waals surface area contributed by atoms with E-state index in [9.17, 15) is 4.79 Å². The third kappa shape index (κ3) is 2.40. The number of aromatic nitrogens is 2. The standard InChI is InChI=1S/C13H17N5OS/c14-10(19)7-18(8-3-1-2-4-8)11-9-5-6-20-12(9)17-13(15)16-11/h5-6,8H,1-4,7H2,(H2,14,19)(H2,15,16,17). The van der Waals surface area contributed by atoms with Crippen LogP contribution < -0.4 is 16.4 Å². The van der Waals surface area contributed by atoms with Crippen LogP contribution in [0, 0.1) is 0 Å². The molecular weight excluding hydrogens is 274 g/mol. The Morgan fingerprint density at radius 2 is 2.15 bits per heavy atom. The molecule has 4 N–H and O–H groups in total. The fourth-order valence-electron chi connectivity index (χ4n) is 2.84. The van der Waals surface area contributed by atoms with Crippen molar-refractivity contribution in [3.05, 3.63) is 11.4 Å². The lowest BCUT2D eigenvalue weighted by molar-refractivity contribution is -0.116. The van der Waals surface area contributed by atoms with Crippen LogP contribution in [0.5, 0.6) is 0 Å². The predicted molar refractivity (Wildman–Crippen MR) is 80.6 cm³/mol. The number of carbonyl (C=O) groups excluding carboxylic acids is 1. The number of nitrogen functional groups attached to an aromatic ring is 1. The molecule has 1 saturated carbocycles. The molecule has 7 heteroatoms. The van der Waals surface area contributed by atoms with Crippen molar-refractivity contribution in [2.45, 2.75) is 31.7 Å². The monoisotopic (exact) mass is 291 g/mol. The number of hydrogen-bond donors (Lipinski definition) is 2. The van der Waals surface area contributed by atoms with Crippen molar-refractivity contribution in [2.75, 3.05) is 17.2 Å². The van der Waals surface area contributed by atoms with Gasteiger partial charge in [-0.15, -0.1) is 11.3 Å². The highest BCUT2D eigenvalue weighted by Gasteiger charge is 2.27. The molecule has 0 bridgehead atoms. The van der Waals surface area contributed by atoms with Crippen LogP contribution in [0.25, 0.3) is 10.2 Å². The number of nitrogens with zero attached hydrogens (tertiary/aromatic N) is 3. The van der Waals surface area contributed by atoms with Crippen LogP contribution in [0.3, 0.4) is 0 Å². The number of rotatable bonds is 4. The van der Waals surface area contributed by atoms with Crippen LogP contribution in [0.15, 0.2) is 11.4 Å². The van der Waals surface area contributed by atoms with Gasteiger partial charge >= 0.3 is 0 Å². The molecule has 0 aromatic carbocycles. The SMILES string of the molecule is NC(=O)CN(c1nc(N)nc2sccc12)C1CCCC1. The van der Waals surface area contributed by atoms with E-state index in [0.29, 0.717) is 6.04 Å². The normalized spacial score (nSPS) is 15.8. The summed E-state index contributed by atoms with van der Waals surface area (Å²) in [4.78, 5) is 22.8. The zero-order valence-electron chi connectivity index (χ0n) is 11.1. The van der Waals surface area contributed by atoms with Crippen molar-refractivity contribution >= 4 is 39.2 Å². The van der Waals surface area contributed by atoms with E-state index in [0.717, 1.165) is 28.9 Å². The van der Waals surface area contributed by atoms with Gasteiger partial charge in [-0.05, 0) is 24.3 Å². The number of thiophene rings is 1. The Balaban J connectivity index is 2.07. The molecule has 1 fully saturated rings. The zero-order chi connectivity index (χ0) is 14.1. The Hall–Kier alpha value is -1.89. The molecule has 0 radical (unpaired) electrons. The highest BCUT2D eigenvalue weighted by Crippen LogP contribution is 2.33.